The van der Waals surface area contributed by atoms with Gasteiger partial charge in [0.25, 0.3) is 0 Å². The van der Waals surface area contributed by atoms with Gasteiger partial charge in [0.05, 0.1) is 5.60 Å². The molecular formula is C19H26O3. The third-order valence-corrected chi connectivity index (χ3v) is 7.50. The molecule has 4 aliphatic carbocycles. The van der Waals surface area contributed by atoms with Crippen LogP contribution >= 0.6 is 0 Å². The van der Waals surface area contributed by atoms with Crippen molar-refractivity contribution in [3.05, 3.63) is 11.6 Å². The second-order valence-corrected chi connectivity index (χ2v) is 8.45. The summed E-state index contributed by atoms with van der Waals surface area (Å²) in [5.74, 6) is 2.16. The van der Waals surface area contributed by atoms with E-state index in [0.29, 0.717) is 36.4 Å². The third-order valence-electron chi connectivity index (χ3n) is 7.50. The molecule has 0 amide bonds. The standard InChI is InChI=1S/C19H26O3/c1-11-9-12-10-13(20)5-8-19(12,22)15-6-7-18(2)14(17(11)15)3-4-16(18)21/h10-11,14-15,17,22H,3-9H2,1-2H3/t11-,14+,15+,17+,18+,19-/m1/s1. The molecule has 0 saturated heterocycles. The minimum Gasteiger partial charge on any atom is -0.385 e. The lowest BCUT2D eigenvalue weighted by molar-refractivity contribution is -0.144. The average Bonchev–Trinajstić information content (AvgIpc) is 2.77. The minimum atomic E-state index is -0.780. The fraction of sp³-hybridized carbons (Fsp3) is 0.789. The molecule has 0 aromatic heterocycles. The highest BCUT2D eigenvalue weighted by Crippen LogP contribution is 2.63. The molecule has 1 N–H and O–H groups in total. The summed E-state index contributed by atoms with van der Waals surface area (Å²) in [5, 5.41) is 11.4. The van der Waals surface area contributed by atoms with Gasteiger partial charge in [0.2, 0.25) is 0 Å². The predicted octanol–water partition coefficient (Wildman–Crippen LogP) is 3.06. The highest BCUT2D eigenvalue weighted by Gasteiger charge is 2.61. The van der Waals surface area contributed by atoms with Crippen molar-refractivity contribution in [3.63, 3.8) is 0 Å². The number of fused-ring (bicyclic) bond motifs is 5. The Morgan fingerprint density at radius 3 is 2.68 bits per heavy atom. The van der Waals surface area contributed by atoms with Gasteiger partial charge in [0.1, 0.15) is 5.78 Å². The summed E-state index contributed by atoms with van der Waals surface area (Å²) in [6, 6.07) is 0. The Bertz CT molecular complexity index is 577. The lowest BCUT2D eigenvalue weighted by atomic mass is 9.48. The van der Waals surface area contributed by atoms with Crippen molar-refractivity contribution in [2.24, 2.45) is 29.1 Å². The molecule has 0 spiro atoms. The van der Waals surface area contributed by atoms with Crippen LogP contribution in [-0.2, 0) is 9.59 Å². The SMILES string of the molecule is C[C@@H]1CC2=CC(=O)CC[C@]2(O)[C@H]2CC[C@]3(C)C(=O)CC[C@H]3[C@H]12. The Labute approximate surface area is 132 Å². The van der Waals surface area contributed by atoms with Crippen LogP contribution in [0.15, 0.2) is 11.6 Å². The molecule has 0 aromatic carbocycles. The predicted molar refractivity (Wildman–Crippen MR) is 83.1 cm³/mol. The lowest BCUT2D eigenvalue weighted by Crippen LogP contribution is -2.57. The molecule has 120 valence electrons. The van der Waals surface area contributed by atoms with Gasteiger partial charge in [-0.25, -0.2) is 0 Å². The molecule has 0 unspecified atom stereocenters. The van der Waals surface area contributed by atoms with Crippen LogP contribution in [0.25, 0.3) is 0 Å². The summed E-state index contributed by atoms with van der Waals surface area (Å²) >= 11 is 0. The first-order valence-corrected chi connectivity index (χ1v) is 8.86. The number of carbonyl (C=O) groups is 2. The van der Waals surface area contributed by atoms with Crippen LogP contribution in [0, 0.1) is 29.1 Å². The Morgan fingerprint density at radius 1 is 1.14 bits per heavy atom. The normalized spacial score (nSPS) is 51.0. The zero-order chi connectivity index (χ0) is 15.7. The van der Waals surface area contributed by atoms with Crippen LogP contribution in [0.3, 0.4) is 0 Å². The molecule has 22 heavy (non-hydrogen) atoms. The molecule has 0 aromatic rings. The molecule has 3 fully saturated rings. The van der Waals surface area contributed by atoms with Crippen LogP contribution < -0.4 is 0 Å². The number of hydrogen-bond donors (Lipinski definition) is 1. The van der Waals surface area contributed by atoms with E-state index in [1.54, 1.807) is 6.08 Å². The van der Waals surface area contributed by atoms with Crippen LogP contribution in [0.5, 0.6) is 0 Å². The lowest BCUT2D eigenvalue weighted by Gasteiger charge is -2.57. The molecule has 0 bridgehead atoms. The molecule has 3 nitrogen and oxygen atoms in total. The fourth-order valence-electron chi connectivity index (χ4n) is 6.33. The van der Waals surface area contributed by atoms with E-state index >= 15 is 0 Å². The zero-order valence-electron chi connectivity index (χ0n) is 13.6. The molecule has 6 atom stereocenters. The summed E-state index contributed by atoms with van der Waals surface area (Å²) in [4.78, 5) is 24.2. The van der Waals surface area contributed by atoms with E-state index < -0.39 is 5.60 Å². The van der Waals surface area contributed by atoms with E-state index in [9.17, 15) is 14.7 Å². The number of ketones is 2. The van der Waals surface area contributed by atoms with Crippen LogP contribution in [0.2, 0.25) is 0 Å². The first-order valence-electron chi connectivity index (χ1n) is 8.86. The van der Waals surface area contributed by atoms with Gasteiger partial charge in [-0.15, -0.1) is 0 Å². The summed E-state index contributed by atoms with van der Waals surface area (Å²) in [6.07, 6.45) is 7.16. The Balaban J connectivity index is 1.75. The molecule has 0 radical (unpaired) electrons. The van der Waals surface area contributed by atoms with Gasteiger partial charge in [0.15, 0.2) is 5.78 Å². The number of aliphatic hydroxyl groups is 1. The van der Waals surface area contributed by atoms with Crippen LogP contribution in [-0.4, -0.2) is 22.3 Å². The zero-order valence-corrected chi connectivity index (χ0v) is 13.6. The van der Waals surface area contributed by atoms with Gasteiger partial charge in [-0.2, -0.15) is 0 Å². The Morgan fingerprint density at radius 2 is 1.91 bits per heavy atom. The average molecular weight is 302 g/mol. The maximum atomic E-state index is 12.4. The molecule has 4 aliphatic rings. The van der Waals surface area contributed by atoms with Crippen molar-refractivity contribution >= 4 is 11.6 Å². The van der Waals surface area contributed by atoms with Gasteiger partial charge >= 0.3 is 0 Å². The van der Waals surface area contributed by atoms with E-state index in [1.165, 1.54) is 0 Å². The van der Waals surface area contributed by atoms with Gasteiger partial charge in [-0.1, -0.05) is 13.8 Å². The van der Waals surface area contributed by atoms with Gasteiger partial charge in [-0.05, 0) is 67.4 Å². The van der Waals surface area contributed by atoms with E-state index in [-0.39, 0.29) is 17.1 Å². The summed E-state index contributed by atoms with van der Waals surface area (Å²) in [7, 11) is 0. The highest BCUT2D eigenvalue weighted by atomic mass is 16.3. The highest BCUT2D eigenvalue weighted by molar-refractivity contribution is 5.92. The summed E-state index contributed by atoms with van der Waals surface area (Å²) in [6.45, 7) is 4.42. The number of hydrogen-bond acceptors (Lipinski definition) is 3. The van der Waals surface area contributed by atoms with Gasteiger partial charge in [0, 0.05) is 18.3 Å². The van der Waals surface area contributed by atoms with E-state index in [0.717, 1.165) is 37.7 Å². The van der Waals surface area contributed by atoms with Crippen molar-refractivity contribution in [2.75, 3.05) is 0 Å². The summed E-state index contributed by atoms with van der Waals surface area (Å²) in [5.41, 5.74) is 0.0423. The summed E-state index contributed by atoms with van der Waals surface area (Å²) < 4.78 is 0. The number of rotatable bonds is 0. The number of Topliss-reactive ketones (excluding diaryl/α,β-unsaturated/α-hetero) is 1. The fourth-order valence-corrected chi connectivity index (χ4v) is 6.33. The monoisotopic (exact) mass is 302 g/mol. The first-order chi connectivity index (χ1) is 10.4. The molecule has 3 saturated carbocycles. The van der Waals surface area contributed by atoms with Crippen molar-refractivity contribution in [3.8, 4) is 0 Å². The van der Waals surface area contributed by atoms with Gasteiger partial charge < -0.3 is 5.11 Å². The third kappa shape index (κ3) is 1.72. The Kier molecular flexibility index (Phi) is 3.01. The van der Waals surface area contributed by atoms with Crippen molar-refractivity contribution in [2.45, 2.75) is 64.4 Å². The minimum absolute atomic E-state index is 0.155. The number of carbonyl (C=O) groups excluding carboxylic acids is 2. The molecule has 0 heterocycles. The van der Waals surface area contributed by atoms with Crippen molar-refractivity contribution in [1.82, 2.24) is 0 Å². The Hall–Kier alpha value is -0.960. The topological polar surface area (TPSA) is 54.4 Å². The van der Waals surface area contributed by atoms with Crippen molar-refractivity contribution in [1.29, 1.82) is 0 Å². The van der Waals surface area contributed by atoms with Crippen molar-refractivity contribution < 1.29 is 14.7 Å². The molecule has 0 aliphatic heterocycles. The molecule has 4 rings (SSSR count). The molecule has 3 heteroatoms. The quantitative estimate of drug-likeness (QED) is 0.748. The van der Waals surface area contributed by atoms with E-state index in [2.05, 4.69) is 13.8 Å². The van der Waals surface area contributed by atoms with Crippen LogP contribution in [0.4, 0.5) is 0 Å². The maximum absolute atomic E-state index is 12.4. The van der Waals surface area contributed by atoms with E-state index in [1.807, 2.05) is 0 Å². The van der Waals surface area contributed by atoms with E-state index in [4.69, 9.17) is 0 Å². The largest absolute Gasteiger partial charge is 0.385 e. The maximum Gasteiger partial charge on any atom is 0.155 e. The second kappa shape index (κ2) is 4.53. The first kappa shape index (κ1) is 14.6. The van der Waals surface area contributed by atoms with Gasteiger partial charge in [-0.3, -0.25) is 9.59 Å². The molecular weight excluding hydrogens is 276 g/mol. The van der Waals surface area contributed by atoms with Crippen LogP contribution in [0.1, 0.15) is 58.8 Å². The second-order valence-electron chi connectivity index (χ2n) is 8.45. The smallest absolute Gasteiger partial charge is 0.155 e.